The minimum absolute atomic E-state index is 0.00315. The van der Waals surface area contributed by atoms with Crippen LogP contribution in [0.2, 0.25) is 0 Å². The van der Waals surface area contributed by atoms with Crippen molar-refractivity contribution in [3.63, 3.8) is 0 Å². The maximum Gasteiger partial charge on any atom is 0.249 e. The number of amides is 2. The average molecular weight is 496 g/mol. The summed E-state index contributed by atoms with van der Waals surface area (Å²) >= 11 is 0. The standard InChI is InChI=1S/C28H37N3O5/c1-4-36-24-12-10-22(11-13-24)19-31(16-14-23-18-29-26-9-6-5-8-25(23)26)27(32)20-30(15-7-17-34-2)28(33)21-35-3/h5-6,8-13,18,29H,4,7,14-17,19-21H2,1-3H3. The van der Waals surface area contributed by atoms with Gasteiger partial charge in [0.1, 0.15) is 12.4 Å². The lowest BCUT2D eigenvalue weighted by Gasteiger charge is -2.28. The minimum Gasteiger partial charge on any atom is -0.494 e. The van der Waals surface area contributed by atoms with E-state index in [4.69, 9.17) is 14.2 Å². The summed E-state index contributed by atoms with van der Waals surface area (Å²) in [5.74, 6) is 0.484. The monoisotopic (exact) mass is 495 g/mol. The SMILES string of the molecule is CCOc1ccc(CN(CCc2c[nH]c3ccccc23)C(=O)CN(CCCOC)C(=O)COC)cc1. The summed E-state index contributed by atoms with van der Waals surface area (Å²) in [6.07, 6.45) is 3.35. The van der Waals surface area contributed by atoms with Crippen LogP contribution in [0.15, 0.2) is 54.7 Å². The number of methoxy groups -OCH3 is 2. The maximum atomic E-state index is 13.5. The summed E-state index contributed by atoms with van der Waals surface area (Å²) in [4.78, 5) is 32.8. The third kappa shape index (κ3) is 7.83. The Labute approximate surface area is 213 Å². The fraction of sp³-hybridized carbons (Fsp3) is 0.429. The number of H-pyrrole nitrogens is 1. The first-order valence-electron chi connectivity index (χ1n) is 12.4. The van der Waals surface area contributed by atoms with Gasteiger partial charge in [-0.3, -0.25) is 9.59 Å². The van der Waals surface area contributed by atoms with E-state index in [0.717, 1.165) is 27.8 Å². The van der Waals surface area contributed by atoms with E-state index in [1.165, 1.54) is 7.11 Å². The van der Waals surface area contributed by atoms with Crippen LogP contribution in [0.1, 0.15) is 24.5 Å². The van der Waals surface area contributed by atoms with E-state index in [0.29, 0.717) is 45.7 Å². The molecule has 0 atom stereocenters. The van der Waals surface area contributed by atoms with Crippen molar-refractivity contribution in [3.05, 3.63) is 65.9 Å². The highest BCUT2D eigenvalue weighted by atomic mass is 16.5. The molecule has 0 aliphatic rings. The normalized spacial score (nSPS) is 11.0. The molecule has 194 valence electrons. The fourth-order valence-electron chi connectivity index (χ4n) is 4.13. The van der Waals surface area contributed by atoms with Crippen molar-refractivity contribution >= 4 is 22.7 Å². The van der Waals surface area contributed by atoms with E-state index in [1.807, 2.05) is 60.5 Å². The van der Waals surface area contributed by atoms with Gasteiger partial charge in [0.25, 0.3) is 0 Å². The first-order chi connectivity index (χ1) is 17.5. The molecule has 3 aromatic rings. The van der Waals surface area contributed by atoms with Crippen LogP contribution in [0.5, 0.6) is 5.75 Å². The van der Waals surface area contributed by atoms with Crippen LogP contribution in [0.25, 0.3) is 10.9 Å². The largest absolute Gasteiger partial charge is 0.494 e. The number of fused-ring (bicyclic) bond motifs is 1. The molecule has 8 nitrogen and oxygen atoms in total. The highest BCUT2D eigenvalue weighted by molar-refractivity contribution is 5.86. The van der Waals surface area contributed by atoms with Crippen molar-refractivity contribution in [3.8, 4) is 5.75 Å². The third-order valence-electron chi connectivity index (χ3n) is 6.01. The summed E-state index contributed by atoms with van der Waals surface area (Å²) in [5.41, 5.74) is 3.23. The zero-order valence-electron chi connectivity index (χ0n) is 21.5. The first kappa shape index (κ1) is 27.2. The molecule has 1 aromatic heterocycles. The molecule has 2 amide bonds. The molecule has 0 fully saturated rings. The maximum absolute atomic E-state index is 13.5. The van der Waals surface area contributed by atoms with Gasteiger partial charge in [-0.2, -0.15) is 0 Å². The quantitative estimate of drug-likeness (QED) is 0.326. The number of hydrogen-bond acceptors (Lipinski definition) is 5. The molecule has 3 rings (SSSR count). The van der Waals surface area contributed by atoms with Gasteiger partial charge in [0.05, 0.1) is 13.2 Å². The predicted octanol–water partition coefficient (Wildman–Crippen LogP) is 3.65. The zero-order chi connectivity index (χ0) is 25.8. The second-order valence-corrected chi connectivity index (χ2v) is 8.60. The second-order valence-electron chi connectivity index (χ2n) is 8.60. The molecule has 0 aliphatic carbocycles. The lowest BCUT2D eigenvalue weighted by molar-refractivity contribution is -0.143. The van der Waals surface area contributed by atoms with Crippen LogP contribution in [-0.4, -0.2) is 80.3 Å². The van der Waals surface area contributed by atoms with E-state index >= 15 is 0 Å². The topological polar surface area (TPSA) is 84.1 Å². The van der Waals surface area contributed by atoms with Crippen molar-refractivity contribution in [2.24, 2.45) is 0 Å². The number of carbonyl (C=O) groups is 2. The van der Waals surface area contributed by atoms with Crippen LogP contribution in [0.4, 0.5) is 0 Å². The Morgan fingerprint density at radius 2 is 1.69 bits per heavy atom. The fourth-order valence-corrected chi connectivity index (χ4v) is 4.13. The zero-order valence-corrected chi connectivity index (χ0v) is 21.5. The summed E-state index contributed by atoms with van der Waals surface area (Å²) in [6.45, 7) is 4.40. The molecular formula is C28H37N3O5. The number of aromatic nitrogens is 1. The van der Waals surface area contributed by atoms with Gasteiger partial charge >= 0.3 is 0 Å². The summed E-state index contributed by atoms with van der Waals surface area (Å²) in [5, 5.41) is 1.16. The highest BCUT2D eigenvalue weighted by Gasteiger charge is 2.22. The number of benzene rings is 2. The Balaban J connectivity index is 1.76. The molecular weight excluding hydrogens is 458 g/mol. The molecule has 0 saturated heterocycles. The van der Waals surface area contributed by atoms with Gasteiger partial charge < -0.3 is 29.0 Å². The molecule has 0 bridgehead atoms. The first-order valence-corrected chi connectivity index (χ1v) is 12.4. The summed E-state index contributed by atoms with van der Waals surface area (Å²) in [7, 11) is 3.10. The summed E-state index contributed by atoms with van der Waals surface area (Å²) < 4.78 is 15.7. The van der Waals surface area contributed by atoms with Crippen molar-refractivity contribution in [2.45, 2.75) is 26.3 Å². The lowest BCUT2D eigenvalue weighted by Crippen LogP contribution is -2.45. The number of para-hydroxylation sites is 1. The third-order valence-corrected chi connectivity index (χ3v) is 6.01. The average Bonchev–Trinajstić information content (AvgIpc) is 3.30. The molecule has 1 N–H and O–H groups in total. The van der Waals surface area contributed by atoms with Gasteiger partial charge in [0.15, 0.2) is 0 Å². The van der Waals surface area contributed by atoms with Crippen molar-refractivity contribution in [1.29, 1.82) is 0 Å². The van der Waals surface area contributed by atoms with Crippen molar-refractivity contribution in [1.82, 2.24) is 14.8 Å². The van der Waals surface area contributed by atoms with Gasteiger partial charge in [-0.1, -0.05) is 30.3 Å². The summed E-state index contributed by atoms with van der Waals surface area (Å²) in [6, 6.07) is 15.9. The van der Waals surface area contributed by atoms with Gasteiger partial charge in [0, 0.05) is 57.6 Å². The number of ether oxygens (including phenoxy) is 3. The van der Waals surface area contributed by atoms with E-state index in [9.17, 15) is 9.59 Å². The van der Waals surface area contributed by atoms with E-state index < -0.39 is 0 Å². The predicted molar refractivity (Wildman–Crippen MR) is 140 cm³/mol. The number of carbonyl (C=O) groups excluding carboxylic acids is 2. The Kier molecular flexibility index (Phi) is 10.8. The lowest BCUT2D eigenvalue weighted by atomic mass is 10.1. The van der Waals surface area contributed by atoms with Gasteiger partial charge in [-0.15, -0.1) is 0 Å². The Morgan fingerprint density at radius 1 is 0.917 bits per heavy atom. The van der Waals surface area contributed by atoms with Crippen molar-refractivity contribution < 1.29 is 23.8 Å². The number of rotatable bonds is 15. The van der Waals surface area contributed by atoms with E-state index in [2.05, 4.69) is 11.1 Å². The number of hydrogen-bond donors (Lipinski definition) is 1. The van der Waals surface area contributed by atoms with E-state index in [1.54, 1.807) is 12.0 Å². The van der Waals surface area contributed by atoms with Crippen LogP contribution < -0.4 is 4.74 Å². The number of nitrogens with zero attached hydrogens (tertiary/aromatic N) is 2. The van der Waals surface area contributed by atoms with Gasteiger partial charge in [-0.05, 0) is 49.1 Å². The molecule has 0 aliphatic heterocycles. The Hall–Kier alpha value is -3.36. The smallest absolute Gasteiger partial charge is 0.249 e. The highest BCUT2D eigenvalue weighted by Crippen LogP contribution is 2.19. The number of aromatic amines is 1. The van der Waals surface area contributed by atoms with Crippen LogP contribution in [0, 0.1) is 0 Å². The second kappa shape index (κ2) is 14.3. The molecule has 1 heterocycles. The van der Waals surface area contributed by atoms with Gasteiger partial charge in [-0.25, -0.2) is 0 Å². The molecule has 36 heavy (non-hydrogen) atoms. The molecule has 0 radical (unpaired) electrons. The molecule has 0 spiro atoms. The van der Waals surface area contributed by atoms with Crippen molar-refractivity contribution in [2.75, 3.05) is 53.7 Å². The Morgan fingerprint density at radius 3 is 2.42 bits per heavy atom. The van der Waals surface area contributed by atoms with Crippen LogP contribution in [0.3, 0.4) is 0 Å². The molecule has 0 saturated carbocycles. The number of nitrogens with one attached hydrogen (secondary N) is 1. The van der Waals surface area contributed by atoms with Crippen LogP contribution in [-0.2, 0) is 32.0 Å². The minimum atomic E-state index is -0.209. The Bertz CT molecular complexity index is 1100. The molecule has 2 aromatic carbocycles. The van der Waals surface area contributed by atoms with Crippen LogP contribution >= 0.6 is 0 Å². The molecule has 0 unspecified atom stereocenters. The molecule has 8 heteroatoms. The van der Waals surface area contributed by atoms with Gasteiger partial charge in [0.2, 0.25) is 11.8 Å². The van der Waals surface area contributed by atoms with E-state index in [-0.39, 0.29) is 25.0 Å².